The summed E-state index contributed by atoms with van der Waals surface area (Å²) in [5.41, 5.74) is 4.56. The fourth-order valence-corrected chi connectivity index (χ4v) is 4.68. The summed E-state index contributed by atoms with van der Waals surface area (Å²) in [5, 5.41) is 0. The molecule has 0 spiro atoms. The van der Waals surface area contributed by atoms with Crippen molar-refractivity contribution in [3.63, 3.8) is 0 Å². The molecule has 0 amide bonds. The van der Waals surface area contributed by atoms with Crippen LogP contribution in [0.4, 0.5) is 0 Å². The quantitative estimate of drug-likeness (QED) is 0.238. The lowest BCUT2D eigenvalue weighted by Crippen LogP contribution is -2.45. The predicted molar refractivity (Wildman–Crippen MR) is 166 cm³/mol. The molecular weight excluding hydrogens is 553 g/mol. The zero-order valence-electron chi connectivity index (χ0n) is 21.9. The number of piperazine rings is 1. The second-order valence-corrected chi connectivity index (χ2v) is 9.42. The zero-order valence-corrected chi connectivity index (χ0v) is 24.3. The molecule has 1 aromatic heterocycles. The summed E-state index contributed by atoms with van der Waals surface area (Å²) in [7, 11) is 0. The molecule has 0 saturated carbocycles. The molecule has 1 saturated heterocycles. The van der Waals surface area contributed by atoms with Gasteiger partial charge in [0.1, 0.15) is 6.61 Å². The summed E-state index contributed by atoms with van der Waals surface area (Å²) in [6.07, 6.45) is 1.89. The Morgan fingerprint density at radius 2 is 1.05 bits per heavy atom. The van der Waals surface area contributed by atoms with Gasteiger partial charge in [0.25, 0.3) is 0 Å². The lowest BCUT2D eigenvalue weighted by atomic mass is 10.2. The lowest BCUT2D eigenvalue weighted by Gasteiger charge is -2.35. The van der Waals surface area contributed by atoms with Crippen molar-refractivity contribution in [2.75, 3.05) is 26.2 Å². The van der Waals surface area contributed by atoms with E-state index in [-0.39, 0.29) is 42.6 Å². The molecule has 8 heteroatoms. The summed E-state index contributed by atoms with van der Waals surface area (Å²) in [6, 6.07) is 32.7. The van der Waals surface area contributed by atoms with Crippen molar-refractivity contribution in [1.82, 2.24) is 14.4 Å². The molecule has 0 aliphatic carbocycles. The van der Waals surface area contributed by atoms with Gasteiger partial charge in [0, 0.05) is 57.6 Å². The first-order valence-electron chi connectivity index (χ1n) is 12.7. The minimum atomic E-state index is -0.0621. The monoisotopic (exact) mass is 587 g/mol. The van der Waals surface area contributed by atoms with Gasteiger partial charge in [-0.15, -0.1) is 37.2 Å². The van der Waals surface area contributed by atoms with E-state index in [4.69, 9.17) is 4.74 Å². The van der Waals surface area contributed by atoms with E-state index in [1.165, 1.54) is 11.1 Å². The molecule has 0 atom stereocenters. The van der Waals surface area contributed by atoms with E-state index >= 15 is 0 Å². The maximum atomic E-state index is 13.0. The van der Waals surface area contributed by atoms with E-state index in [0.717, 1.165) is 50.5 Å². The maximum Gasteiger partial charge on any atom is 0.223 e. The Kier molecular flexibility index (Phi) is 13.6. The van der Waals surface area contributed by atoms with Gasteiger partial charge >= 0.3 is 0 Å². The van der Waals surface area contributed by atoms with Crippen molar-refractivity contribution < 1.29 is 4.74 Å². The molecule has 1 aliphatic rings. The first-order chi connectivity index (χ1) is 17.7. The number of pyridine rings is 1. The van der Waals surface area contributed by atoms with Crippen molar-refractivity contribution in [1.29, 1.82) is 0 Å². The molecule has 0 N–H and O–H groups in total. The molecule has 4 aromatic rings. The van der Waals surface area contributed by atoms with Crippen LogP contribution in [0.3, 0.4) is 0 Å². The molecular formula is C31H36Cl3N3O2. The number of hydrogen-bond acceptors (Lipinski definition) is 4. The fraction of sp³-hybridized carbons (Fsp3) is 0.258. The van der Waals surface area contributed by atoms with Crippen LogP contribution in [0.25, 0.3) is 0 Å². The number of rotatable bonds is 9. The van der Waals surface area contributed by atoms with E-state index in [1.807, 2.05) is 42.6 Å². The summed E-state index contributed by atoms with van der Waals surface area (Å²) >= 11 is 0. The first-order valence-corrected chi connectivity index (χ1v) is 12.7. The predicted octanol–water partition coefficient (Wildman–Crippen LogP) is 6.06. The minimum Gasteiger partial charge on any atom is -0.483 e. The van der Waals surface area contributed by atoms with Crippen molar-refractivity contribution in [3.8, 4) is 5.75 Å². The Hall–Kier alpha value is -2.80. The molecule has 208 valence electrons. The summed E-state index contributed by atoms with van der Waals surface area (Å²) in [5.74, 6) is 0.395. The van der Waals surface area contributed by atoms with Gasteiger partial charge in [-0.3, -0.25) is 14.6 Å². The number of ether oxygens (including phenoxy) is 1. The summed E-state index contributed by atoms with van der Waals surface area (Å²) in [6.45, 7) is 6.83. The van der Waals surface area contributed by atoms with E-state index in [2.05, 4.69) is 69.0 Å². The Morgan fingerprint density at radius 3 is 1.59 bits per heavy atom. The third-order valence-electron chi connectivity index (χ3n) is 6.71. The number of aromatic nitrogens is 1. The molecule has 3 aromatic carbocycles. The van der Waals surface area contributed by atoms with Gasteiger partial charge < -0.3 is 9.30 Å². The van der Waals surface area contributed by atoms with Crippen LogP contribution in [0.1, 0.15) is 22.4 Å². The SMILES string of the molecule is Cl.Cl.Cl.O=c1cc(CN2CCN(Cc3ccccc3)CC2)n(Cc2ccccc2)cc1OCc1ccccc1. The average molecular weight is 589 g/mol. The fourth-order valence-electron chi connectivity index (χ4n) is 4.68. The van der Waals surface area contributed by atoms with Gasteiger partial charge in [-0.2, -0.15) is 0 Å². The van der Waals surface area contributed by atoms with E-state index < -0.39 is 0 Å². The third kappa shape index (κ3) is 9.41. The van der Waals surface area contributed by atoms with Crippen LogP contribution < -0.4 is 10.2 Å². The van der Waals surface area contributed by atoms with Gasteiger partial charge in [-0.1, -0.05) is 91.0 Å². The van der Waals surface area contributed by atoms with E-state index in [1.54, 1.807) is 6.07 Å². The molecule has 0 bridgehead atoms. The van der Waals surface area contributed by atoms with E-state index in [9.17, 15) is 4.79 Å². The van der Waals surface area contributed by atoms with Crippen LogP contribution in [-0.4, -0.2) is 40.5 Å². The Balaban J connectivity index is 0.00000178. The number of hydrogen-bond donors (Lipinski definition) is 0. The van der Waals surface area contributed by atoms with E-state index in [0.29, 0.717) is 18.9 Å². The molecule has 5 rings (SSSR count). The highest BCUT2D eigenvalue weighted by molar-refractivity contribution is 5.86. The second-order valence-electron chi connectivity index (χ2n) is 9.42. The maximum absolute atomic E-state index is 13.0. The largest absolute Gasteiger partial charge is 0.483 e. The summed E-state index contributed by atoms with van der Waals surface area (Å²) < 4.78 is 8.14. The lowest BCUT2D eigenvalue weighted by molar-refractivity contribution is 0.120. The molecule has 39 heavy (non-hydrogen) atoms. The average Bonchev–Trinajstić information content (AvgIpc) is 2.92. The molecule has 1 fully saturated rings. The van der Waals surface area contributed by atoms with Gasteiger partial charge in [0.05, 0.1) is 6.20 Å². The Morgan fingerprint density at radius 1 is 0.590 bits per heavy atom. The zero-order chi connectivity index (χ0) is 24.6. The van der Waals surface area contributed by atoms with Gasteiger partial charge in [0.2, 0.25) is 5.43 Å². The second kappa shape index (κ2) is 16.3. The van der Waals surface area contributed by atoms with Gasteiger partial charge in [0.15, 0.2) is 5.75 Å². The van der Waals surface area contributed by atoms with Crippen LogP contribution in [0, 0.1) is 0 Å². The highest BCUT2D eigenvalue weighted by Crippen LogP contribution is 2.16. The standard InChI is InChI=1S/C31H33N3O2.3ClH/c35-30-20-29(23-33-18-16-32(17-19-33)21-26-10-4-1-5-11-26)34(22-27-12-6-2-7-13-27)24-31(30)36-25-28-14-8-3-9-15-28;;;/h1-15,20,24H,16-19,21-23,25H2;3*1H. The highest BCUT2D eigenvalue weighted by atomic mass is 35.5. The van der Waals surface area contributed by atoms with Crippen molar-refractivity contribution in [2.45, 2.75) is 26.2 Å². The first kappa shape index (κ1) is 32.4. The number of nitrogens with zero attached hydrogens (tertiary/aromatic N) is 3. The topological polar surface area (TPSA) is 37.7 Å². The molecule has 1 aliphatic heterocycles. The van der Waals surface area contributed by atoms with Crippen molar-refractivity contribution >= 4 is 37.2 Å². The summed E-state index contributed by atoms with van der Waals surface area (Å²) in [4.78, 5) is 17.9. The molecule has 5 nitrogen and oxygen atoms in total. The Bertz CT molecular complexity index is 1300. The number of halogens is 3. The minimum absolute atomic E-state index is 0. The van der Waals surface area contributed by atoms with Crippen LogP contribution >= 0.6 is 37.2 Å². The van der Waals surface area contributed by atoms with Crippen LogP contribution in [-0.2, 0) is 26.2 Å². The normalized spacial score (nSPS) is 13.4. The van der Waals surface area contributed by atoms with Gasteiger partial charge in [-0.05, 0) is 16.7 Å². The molecule has 0 radical (unpaired) electrons. The van der Waals surface area contributed by atoms with Crippen LogP contribution in [0.5, 0.6) is 5.75 Å². The molecule has 2 heterocycles. The van der Waals surface area contributed by atoms with Crippen molar-refractivity contribution in [2.24, 2.45) is 0 Å². The molecule has 0 unspecified atom stereocenters. The van der Waals surface area contributed by atoms with Gasteiger partial charge in [-0.25, -0.2) is 0 Å². The number of benzene rings is 3. The van der Waals surface area contributed by atoms with Crippen molar-refractivity contribution in [3.05, 3.63) is 136 Å². The highest BCUT2D eigenvalue weighted by Gasteiger charge is 2.19. The third-order valence-corrected chi connectivity index (χ3v) is 6.71. The van der Waals surface area contributed by atoms with Crippen LogP contribution in [0.2, 0.25) is 0 Å². The van der Waals surface area contributed by atoms with Crippen LogP contribution in [0.15, 0.2) is 108 Å². The smallest absolute Gasteiger partial charge is 0.223 e. The Labute approximate surface area is 249 Å².